The Morgan fingerprint density at radius 2 is 1.20 bits per heavy atom. The molecular formula is C31H41ClN4O5. The maximum atomic E-state index is 12.3. The first-order chi connectivity index (χ1) is 19.0. The zero-order valence-electron chi connectivity index (χ0n) is 25.9. The van der Waals surface area contributed by atoms with E-state index in [0.717, 1.165) is 16.7 Å². The summed E-state index contributed by atoms with van der Waals surface area (Å²) >= 11 is 5.91. The van der Waals surface area contributed by atoms with E-state index in [2.05, 4.69) is 19.9 Å². The average Bonchev–Trinajstić information content (AvgIpc) is 2.85. The van der Waals surface area contributed by atoms with Crippen LogP contribution in [0.25, 0.3) is 0 Å². The minimum Gasteiger partial charge on any atom is -0.462 e. The predicted molar refractivity (Wildman–Crippen MR) is 159 cm³/mol. The lowest BCUT2D eigenvalue weighted by Gasteiger charge is -2.19. The van der Waals surface area contributed by atoms with E-state index in [9.17, 15) is 9.59 Å². The predicted octanol–water partition coefficient (Wildman–Crippen LogP) is 7.27. The maximum Gasteiger partial charge on any atom is 0.345 e. The molecule has 0 unspecified atom stereocenters. The molecule has 0 aliphatic rings. The van der Waals surface area contributed by atoms with Gasteiger partial charge in [0, 0.05) is 23.2 Å². The van der Waals surface area contributed by atoms with Gasteiger partial charge in [0.05, 0.1) is 13.2 Å². The summed E-state index contributed by atoms with van der Waals surface area (Å²) in [5.41, 5.74) is 3.11. The monoisotopic (exact) mass is 584 g/mol. The molecule has 0 amide bonds. The van der Waals surface area contributed by atoms with Gasteiger partial charge in [0.1, 0.15) is 33.7 Å². The Morgan fingerprint density at radius 3 is 1.63 bits per heavy atom. The van der Waals surface area contributed by atoms with Crippen molar-refractivity contribution in [1.82, 2.24) is 19.9 Å². The van der Waals surface area contributed by atoms with Crippen molar-refractivity contribution in [2.45, 2.75) is 87.0 Å². The van der Waals surface area contributed by atoms with Crippen LogP contribution in [0.2, 0.25) is 5.15 Å². The molecule has 0 N–H and O–H groups in total. The van der Waals surface area contributed by atoms with Gasteiger partial charge in [-0.15, -0.1) is 0 Å². The topological polar surface area (TPSA) is 113 Å². The van der Waals surface area contributed by atoms with Crippen LogP contribution in [0.15, 0.2) is 24.5 Å². The highest BCUT2D eigenvalue weighted by Gasteiger charge is 2.24. The molecule has 0 saturated heterocycles. The van der Waals surface area contributed by atoms with Gasteiger partial charge in [0.15, 0.2) is 0 Å². The van der Waals surface area contributed by atoms with Gasteiger partial charge in [0.25, 0.3) is 0 Å². The van der Waals surface area contributed by atoms with E-state index in [1.165, 1.54) is 12.4 Å². The van der Waals surface area contributed by atoms with Crippen molar-refractivity contribution in [2.24, 2.45) is 0 Å². The fourth-order valence-electron chi connectivity index (χ4n) is 3.65. The van der Waals surface area contributed by atoms with Crippen molar-refractivity contribution in [2.75, 3.05) is 13.2 Å². The van der Waals surface area contributed by atoms with E-state index in [-0.39, 0.29) is 39.6 Å². The van der Waals surface area contributed by atoms with Crippen LogP contribution < -0.4 is 4.74 Å². The number of hydrogen-bond acceptors (Lipinski definition) is 9. The zero-order chi connectivity index (χ0) is 31.1. The lowest BCUT2D eigenvalue weighted by atomic mass is 9.95. The molecule has 3 aromatic rings. The highest BCUT2D eigenvalue weighted by molar-refractivity contribution is 6.32. The summed E-state index contributed by atoms with van der Waals surface area (Å²) in [6.07, 6.45) is 2.90. The number of carbonyl (C=O) groups excluding carboxylic acids is 2. The van der Waals surface area contributed by atoms with Gasteiger partial charge in [-0.3, -0.25) is 0 Å². The number of carbonyl (C=O) groups is 2. The lowest BCUT2D eigenvalue weighted by molar-refractivity contribution is 0.0513. The number of benzene rings is 1. The first kappa shape index (κ1) is 33.6. The van der Waals surface area contributed by atoms with Gasteiger partial charge in [-0.25, -0.2) is 24.5 Å². The minimum atomic E-state index is -0.493. The Bertz CT molecular complexity index is 1370. The number of hydrogen-bond donors (Lipinski definition) is 0. The Kier molecular flexibility index (Phi) is 11.4. The van der Waals surface area contributed by atoms with E-state index >= 15 is 0 Å². The molecule has 2 aromatic heterocycles. The summed E-state index contributed by atoms with van der Waals surface area (Å²) in [6, 6.07) is 4.08. The summed E-state index contributed by atoms with van der Waals surface area (Å²) in [5, 5.41) is 0.137. The first-order valence-corrected chi connectivity index (χ1v) is 13.9. The van der Waals surface area contributed by atoms with Gasteiger partial charge < -0.3 is 14.2 Å². The van der Waals surface area contributed by atoms with Crippen molar-refractivity contribution in [3.05, 3.63) is 69.1 Å². The largest absolute Gasteiger partial charge is 0.462 e. The van der Waals surface area contributed by atoms with Gasteiger partial charge in [-0.2, -0.15) is 4.98 Å². The molecule has 0 atom stereocenters. The van der Waals surface area contributed by atoms with Crippen LogP contribution in [0.1, 0.15) is 104 Å². The van der Waals surface area contributed by atoms with E-state index in [0.29, 0.717) is 24.0 Å². The van der Waals surface area contributed by atoms with Crippen molar-refractivity contribution < 1.29 is 23.8 Å². The lowest BCUT2D eigenvalue weighted by Crippen LogP contribution is -2.18. The Hall–Kier alpha value is -3.59. The summed E-state index contributed by atoms with van der Waals surface area (Å²) in [4.78, 5) is 40.8. The van der Waals surface area contributed by atoms with Gasteiger partial charge in [0.2, 0.25) is 5.88 Å². The number of aryl methyl sites for hydroxylation is 3. The third-order valence-electron chi connectivity index (χ3n) is 5.63. The normalized spacial score (nSPS) is 11.3. The van der Waals surface area contributed by atoms with E-state index in [1.54, 1.807) is 13.8 Å². The summed E-state index contributed by atoms with van der Waals surface area (Å²) in [7, 11) is 0. The number of rotatable bonds is 6. The minimum absolute atomic E-state index is 0.137. The number of ether oxygens (including phenoxy) is 3. The quantitative estimate of drug-likeness (QED) is 0.218. The van der Waals surface area contributed by atoms with Crippen LogP contribution >= 0.6 is 11.6 Å². The molecule has 10 heteroatoms. The summed E-state index contributed by atoms with van der Waals surface area (Å²) in [6.45, 7) is 22.0. The fourth-order valence-corrected chi connectivity index (χ4v) is 3.85. The number of esters is 2. The van der Waals surface area contributed by atoms with Crippen LogP contribution in [0.4, 0.5) is 0 Å². The third-order valence-corrected chi connectivity index (χ3v) is 5.92. The molecule has 3 rings (SSSR count). The van der Waals surface area contributed by atoms with Crippen LogP contribution in [0, 0.1) is 20.8 Å². The molecule has 0 bridgehead atoms. The molecule has 0 radical (unpaired) electrons. The molecule has 0 aliphatic heterocycles. The molecule has 0 fully saturated rings. The second-order valence-electron chi connectivity index (χ2n) is 11.6. The van der Waals surface area contributed by atoms with Gasteiger partial charge >= 0.3 is 11.9 Å². The first-order valence-electron chi connectivity index (χ1n) is 13.5. The molecule has 2 heterocycles. The van der Waals surface area contributed by atoms with E-state index in [4.69, 9.17) is 25.8 Å². The zero-order valence-corrected chi connectivity index (χ0v) is 26.7. The second-order valence-corrected chi connectivity index (χ2v) is 11.9. The summed E-state index contributed by atoms with van der Waals surface area (Å²) < 4.78 is 16.0. The van der Waals surface area contributed by atoms with Crippen molar-refractivity contribution in [1.29, 1.82) is 0 Å². The number of aromatic nitrogens is 4. The SMILES string of the molecule is CCOC(=O)c1cnc(C(C)(C)C)nc1Cl.CCOC(=O)c1cnc(C(C)(C)C)nc1Oc1c(C)cc(C)cc1C. The highest BCUT2D eigenvalue weighted by Crippen LogP contribution is 2.32. The molecule has 0 saturated carbocycles. The second kappa shape index (κ2) is 13.9. The number of nitrogens with zero attached hydrogens (tertiary/aromatic N) is 4. The molecule has 0 aliphatic carbocycles. The molecular weight excluding hydrogens is 544 g/mol. The maximum absolute atomic E-state index is 12.3. The molecule has 0 spiro atoms. The van der Waals surface area contributed by atoms with Gasteiger partial charge in [-0.05, 0) is 45.7 Å². The highest BCUT2D eigenvalue weighted by atomic mass is 35.5. The van der Waals surface area contributed by atoms with E-state index < -0.39 is 11.9 Å². The Morgan fingerprint density at radius 1 is 0.756 bits per heavy atom. The number of halogens is 1. The molecule has 9 nitrogen and oxygen atoms in total. The molecule has 222 valence electrons. The van der Waals surface area contributed by atoms with Crippen LogP contribution in [-0.2, 0) is 20.3 Å². The molecule has 41 heavy (non-hydrogen) atoms. The van der Waals surface area contributed by atoms with Crippen LogP contribution in [0.5, 0.6) is 11.6 Å². The standard InChI is InChI=1S/C20H26N2O3.C11H15ClN2O2/c1-8-24-18(23)15-11-21-19(20(5,6)7)22-17(15)25-16-13(3)9-12(2)10-14(16)4;1-5-16-9(15)7-6-13-10(11(2,3)4)14-8(7)12/h9-11H,8H2,1-7H3;6H,5H2,1-4H3. The summed E-state index contributed by atoms with van der Waals surface area (Å²) in [5.74, 6) is 1.17. The third kappa shape index (κ3) is 9.21. The molecule has 1 aromatic carbocycles. The van der Waals surface area contributed by atoms with Crippen LogP contribution in [-0.4, -0.2) is 45.1 Å². The van der Waals surface area contributed by atoms with Crippen molar-refractivity contribution in [3.63, 3.8) is 0 Å². The fraction of sp³-hybridized carbons (Fsp3) is 0.484. The average molecular weight is 585 g/mol. The Labute approximate surface area is 248 Å². The Balaban J connectivity index is 0.000000317. The van der Waals surface area contributed by atoms with E-state index in [1.807, 2.05) is 74.4 Å². The smallest absolute Gasteiger partial charge is 0.345 e. The van der Waals surface area contributed by atoms with Crippen molar-refractivity contribution in [3.8, 4) is 11.6 Å². The van der Waals surface area contributed by atoms with Crippen molar-refractivity contribution >= 4 is 23.5 Å². The van der Waals surface area contributed by atoms with Gasteiger partial charge in [-0.1, -0.05) is 70.8 Å². The van der Waals surface area contributed by atoms with Crippen LogP contribution in [0.3, 0.4) is 0 Å².